The number of amides is 1. The van der Waals surface area contributed by atoms with E-state index in [9.17, 15) is 9.18 Å². The molecule has 1 aliphatic rings. The molecule has 1 amide bonds. The van der Waals surface area contributed by atoms with Gasteiger partial charge in [-0.25, -0.2) is 4.39 Å². The van der Waals surface area contributed by atoms with Gasteiger partial charge in [0.25, 0.3) is 0 Å². The number of guanidine groups is 1. The lowest BCUT2D eigenvalue weighted by Crippen LogP contribution is -2.41. The first-order chi connectivity index (χ1) is 13.9. The average Bonchev–Trinajstić information content (AvgIpc) is 3.50. The highest BCUT2D eigenvalue weighted by molar-refractivity contribution is 14.0. The van der Waals surface area contributed by atoms with E-state index in [1.165, 1.54) is 6.07 Å². The minimum Gasteiger partial charge on any atom is -0.356 e. The van der Waals surface area contributed by atoms with E-state index >= 15 is 0 Å². The monoisotopic (exact) mass is 524 g/mol. The molecule has 0 spiro atoms. The van der Waals surface area contributed by atoms with Gasteiger partial charge in [-0.3, -0.25) is 9.79 Å². The third-order valence-electron chi connectivity index (χ3n) is 5.32. The highest BCUT2D eigenvalue weighted by atomic mass is 127. The molecule has 0 aliphatic heterocycles. The van der Waals surface area contributed by atoms with Crippen LogP contribution < -0.4 is 16.0 Å². The fourth-order valence-electron chi connectivity index (χ4n) is 3.24. The molecule has 3 N–H and O–H groups in total. The maximum absolute atomic E-state index is 14.2. The minimum atomic E-state index is -0.140. The molecule has 0 atom stereocenters. The Kier molecular flexibility index (Phi) is 8.64. The topological polar surface area (TPSA) is 65.5 Å². The number of nitrogens with one attached hydrogen (secondary N) is 3. The standard InChI is InChI=1S/C23H29FN4O.HI/c1-16(2)21(29)28-18-10-8-17(9-11-18)14-26-22(25-3)27-15-23(12-13-23)19-6-4-5-7-20(19)24;/h4-11,16H,12-15H2,1-3H3,(H,28,29)(H2,25,26,27);1H. The number of nitrogens with zero attached hydrogens (tertiary/aromatic N) is 1. The van der Waals surface area contributed by atoms with Crippen molar-refractivity contribution in [2.45, 2.75) is 38.6 Å². The summed E-state index contributed by atoms with van der Waals surface area (Å²) in [6.45, 7) is 4.98. The molecule has 0 heterocycles. The summed E-state index contributed by atoms with van der Waals surface area (Å²) in [6, 6.07) is 14.7. The molecule has 162 valence electrons. The third kappa shape index (κ3) is 6.17. The van der Waals surface area contributed by atoms with E-state index in [2.05, 4.69) is 20.9 Å². The Bertz CT molecular complexity index is 879. The summed E-state index contributed by atoms with van der Waals surface area (Å²) >= 11 is 0. The number of rotatable bonds is 7. The second kappa shape index (κ2) is 10.7. The van der Waals surface area contributed by atoms with Gasteiger partial charge in [-0.2, -0.15) is 0 Å². The lowest BCUT2D eigenvalue weighted by Gasteiger charge is -2.19. The number of aliphatic imine (C=N–C) groups is 1. The van der Waals surface area contributed by atoms with Crippen LogP contribution in [-0.4, -0.2) is 25.5 Å². The molecular weight excluding hydrogens is 494 g/mol. The van der Waals surface area contributed by atoms with Crippen molar-refractivity contribution in [3.8, 4) is 0 Å². The molecule has 0 aromatic heterocycles. The van der Waals surface area contributed by atoms with Crippen molar-refractivity contribution >= 4 is 41.5 Å². The van der Waals surface area contributed by atoms with E-state index in [4.69, 9.17) is 0 Å². The van der Waals surface area contributed by atoms with Crippen molar-refractivity contribution in [3.05, 3.63) is 65.5 Å². The molecule has 3 rings (SSSR count). The lowest BCUT2D eigenvalue weighted by molar-refractivity contribution is -0.118. The number of hydrogen-bond acceptors (Lipinski definition) is 2. The Morgan fingerprint density at radius 1 is 1.10 bits per heavy atom. The molecule has 2 aromatic carbocycles. The largest absolute Gasteiger partial charge is 0.356 e. The molecule has 30 heavy (non-hydrogen) atoms. The Hall–Kier alpha value is -2.16. The van der Waals surface area contributed by atoms with E-state index in [1.54, 1.807) is 13.1 Å². The zero-order valence-electron chi connectivity index (χ0n) is 17.7. The molecule has 1 aliphatic carbocycles. The molecule has 5 nitrogen and oxygen atoms in total. The van der Waals surface area contributed by atoms with Crippen LogP contribution in [0.3, 0.4) is 0 Å². The van der Waals surface area contributed by atoms with Gasteiger partial charge in [0.1, 0.15) is 5.82 Å². The van der Waals surface area contributed by atoms with Crippen LogP contribution in [-0.2, 0) is 16.8 Å². The summed E-state index contributed by atoms with van der Waals surface area (Å²) in [7, 11) is 1.72. The van der Waals surface area contributed by atoms with Gasteiger partial charge in [-0.15, -0.1) is 24.0 Å². The van der Waals surface area contributed by atoms with Crippen LogP contribution in [0.5, 0.6) is 0 Å². The quantitative estimate of drug-likeness (QED) is 0.285. The van der Waals surface area contributed by atoms with Crippen molar-refractivity contribution in [2.24, 2.45) is 10.9 Å². The van der Waals surface area contributed by atoms with Crippen LogP contribution >= 0.6 is 24.0 Å². The number of anilines is 1. The van der Waals surface area contributed by atoms with Gasteiger partial charge in [-0.05, 0) is 42.2 Å². The summed E-state index contributed by atoms with van der Waals surface area (Å²) < 4.78 is 14.2. The van der Waals surface area contributed by atoms with E-state index < -0.39 is 0 Å². The number of carbonyl (C=O) groups excluding carboxylic acids is 1. The van der Waals surface area contributed by atoms with Crippen molar-refractivity contribution < 1.29 is 9.18 Å². The van der Waals surface area contributed by atoms with E-state index in [0.717, 1.165) is 29.7 Å². The number of benzene rings is 2. The van der Waals surface area contributed by atoms with Crippen molar-refractivity contribution in [3.63, 3.8) is 0 Å². The molecule has 0 saturated heterocycles. The zero-order valence-corrected chi connectivity index (χ0v) is 20.0. The summed E-state index contributed by atoms with van der Waals surface area (Å²) in [6.07, 6.45) is 1.95. The molecular formula is C23H30FIN4O. The molecule has 1 fully saturated rings. The second-order valence-corrected chi connectivity index (χ2v) is 7.88. The Labute approximate surface area is 195 Å². The first kappa shape index (κ1) is 24.1. The summed E-state index contributed by atoms with van der Waals surface area (Å²) in [4.78, 5) is 16.0. The van der Waals surface area contributed by atoms with Crippen LogP contribution in [0.4, 0.5) is 10.1 Å². The van der Waals surface area contributed by atoms with Crippen LogP contribution in [0.25, 0.3) is 0 Å². The average molecular weight is 524 g/mol. The fraction of sp³-hybridized carbons (Fsp3) is 0.391. The first-order valence-corrected chi connectivity index (χ1v) is 10.0. The minimum absolute atomic E-state index is 0. The van der Waals surface area contributed by atoms with Crippen molar-refractivity contribution in [1.29, 1.82) is 0 Å². The molecule has 7 heteroatoms. The number of halogens is 2. The number of hydrogen-bond donors (Lipinski definition) is 3. The van der Waals surface area contributed by atoms with Gasteiger partial charge in [0, 0.05) is 37.2 Å². The maximum atomic E-state index is 14.2. The smallest absolute Gasteiger partial charge is 0.226 e. The summed E-state index contributed by atoms with van der Waals surface area (Å²) in [5.74, 6) is 0.499. The normalized spacial score (nSPS) is 14.6. The molecule has 0 bridgehead atoms. The summed E-state index contributed by atoms with van der Waals surface area (Å²) in [5, 5.41) is 9.50. The highest BCUT2D eigenvalue weighted by Gasteiger charge is 2.45. The van der Waals surface area contributed by atoms with Gasteiger partial charge in [0.15, 0.2) is 5.96 Å². The van der Waals surface area contributed by atoms with Gasteiger partial charge >= 0.3 is 0 Å². The maximum Gasteiger partial charge on any atom is 0.226 e. The Morgan fingerprint density at radius 2 is 1.77 bits per heavy atom. The Morgan fingerprint density at radius 3 is 2.33 bits per heavy atom. The highest BCUT2D eigenvalue weighted by Crippen LogP contribution is 2.48. The van der Waals surface area contributed by atoms with Gasteiger partial charge in [0.2, 0.25) is 5.91 Å². The van der Waals surface area contributed by atoms with Crippen LogP contribution in [0.15, 0.2) is 53.5 Å². The van der Waals surface area contributed by atoms with Crippen LogP contribution in [0.1, 0.15) is 37.8 Å². The van der Waals surface area contributed by atoms with E-state index in [-0.39, 0.29) is 47.0 Å². The SMILES string of the molecule is CN=C(NCc1ccc(NC(=O)C(C)C)cc1)NCC1(c2ccccc2F)CC1.I. The van der Waals surface area contributed by atoms with Crippen molar-refractivity contribution in [1.82, 2.24) is 10.6 Å². The molecule has 0 unspecified atom stereocenters. The first-order valence-electron chi connectivity index (χ1n) is 10.0. The van der Waals surface area contributed by atoms with Crippen LogP contribution in [0.2, 0.25) is 0 Å². The molecule has 1 saturated carbocycles. The zero-order chi connectivity index (χ0) is 20.9. The predicted octanol–water partition coefficient (Wildman–Crippen LogP) is 4.44. The Balaban J connectivity index is 0.00000320. The van der Waals surface area contributed by atoms with Crippen LogP contribution in [0, 0.1) is 11.7 Å². The predicted molar refractivity (Wildman–Crippen MR) is 131 cm³/mol. The van der Waals surface area contributed by atoms with Gasteiger partial charge in [-0.1, -0.05) is 44.2 Å². The second-order valence-electron chi connectivity index (χ2n) is 7.88. The molecule has 0 radical (unpaired) electrons. The third-order valence-corrected chi connectivity index (χ3v) is 5.32. The molecule has 2 aromatic rings. The fourth-order valence-corrected chi connectivity index (χ4v) is 3.24. The van der Waals surface area contributed by atoms with Gasteiger partial charge < -0.3 is 16.0 Å². The van der Waals surface area contributed by atoms with E-state index in [1.807, 2.05) is 50.2 Å². The summed E-state index contributed by atoms with van der Waals surface area (Å²) in [5.41, 5.74) is 2.50. The lowest BCUT2D eigenvalue weighted by atomic mass is 9.95. The van der Waals surface area contributed by atoms with Gasteiger partial charge in [0.05, 0.1) is 0 Å². The van der Waals surface area contributed by atoms with Crippen molar-refractivity contribution in [2.75, 3.05) is 18.9 Å². The van der Waals surface area contributed by atoms with E-state index in [0.29, 0.717) is 19.0 Å². The number of carbonyl (C=O) groups is 1.